The molecule has 2 aromatic rings. The van der Waals surface area contributed by atoms with Crippen molar-refractivity contribution in [1.29, 1.82) is 0 Å². The van der Waals surface area contributed by atoms with Gasteiger partial charge in [-0.15, -0.1) is 0 Å². The van der Waals surface area contributed by atoms with E-state index in [-0.39, 0.29) is 11.8 Å². The Kier molecular flexibility index (Phi) is 2.46. The number of nitrogens with one attached hydrogen (secondary N) is 1. The van der Waals surface area contributed by atoms with Crippen LogP contribution >= 0.6 is 0 Å². The number of primary amides is 1. The zero-order valence-electron chi connectivity index (χ0n) is 8.66. The lowest BCUT2D eigenvalue weighted by Crippen LogP contribution is -2.22. The summed E-state index contributed by atoms with van der Waals surface area (Å²) < 4.78 is 0. The van der Waals surface area contributed by atoms with Crippen molar-refractivity contribution in [1.82, 2.24) is 4.98 Å². The largest absolute Gasteiger partial charge is 0.369 e. The maximum Gasteiger partial charge on any atom is 0.220 e. The third-order valence-corrected chi connectivity index (χ3v) is 2.69. The third-order valence-electron chi connectivity index (χ3n) is 2.69. The first-order valence-corrected chi connectivity index (χ1v) is 5.03. The molecule has 15 heavy (non-hydrogen) atoms. The Morgan fingerprint density at radius 1 is 1.47 bits per heavy atom. The summed E-state index contributed by atoms with van der Waals surface area (Å²) in [5, 5.41) is 1.17. The number of carbonyl (C=O) groups is 1. The standard InChI is InChI=1S/C12H14N2O/c1-8(12(13)15)6-9-7-14-11-5-3-2-4-10(9)11/h2-5,7-8,14H,6H2,1H3,(H2,13,15)/t8-/m0/s1. The molecule has 3 heteroatoms. The minimum atomic E-state index is -0.250. The van der Waals surface area contributed by atoms with Gasteiger partial charge in [-0.1, -0.05) is 25.1 Å². The van der Waals surface area contributed by atoms with E-state index >= 15 is 0 Å². The van der Waals surface area contributed by atoms with E-state index in [1.54, 1.807) is 0 Å². The summed E-state index contributed by atoms with van der Waals surface area (Å²) in [5.74, 6) is -0.371. The minimum Gasteiger partial charge on any atom is -0.369 e. The second-order valence-corrected chi connectivity index (χ2v) is 3.87. The number of para-hydroxylation sites is 1. The lowest BCUT2D eigenvalue weighted by molar-refractivity contribution is -0.121. The average molecular weight is 202 g/mol. The normalized spacial score (nSPS) is 12.9. The lowest BCUT2D eigenvalue weighted by Gasteiger charge is -2.05. The highest BCUT2D eigenvalue weighted by Crippen LogP contribution is 2.20. The molecule has 0 radical (unpaired) electrons. The second-order valence-electron chi connectivity index (χ2n) is 3.87. The molecule has 0 aliphatic heterocycles. The molecule has 0 saturated carbocycles. The van der Waals surface area contributed by atoms with Crippen molar-refractivity contribution in [3.63, 3.8) is 0 Å². The van der Waals surface area contributed by atoms with Crippen LogP contribution in [0.15, 0.2) is 30.5 Å². The predicted molar refractivity (Wildman–Crippen MR) is 60.4 cm³/mol. The topological polar surface area (TPSA) is 58.9 Å². The van der Waals surface area contributed by atoms with E-state index < -0.39 is 0 Å². The van der Waals surface area contributed by atoms with Crippen molar-refractivity contribution in [2.24, 2.45) is 11.7 Å². The van der Waals surface area contributed by atoms with Crippen molar-refractivity contribution >= 4 is 16.8 Å². The number of carbonyl (C=O) groups excluding carboxylic acids is 1. The number of aromatic amines is 1. The SMILES string of the molecule is C[C@@H](Cc1c[nH]c2ccccc12)C(N)=O. The summed E-state index contributed by atoms with van der Waals surface area (Å²) in [4.78, 5) is 14.2. The van der Waals surface area contributed by atoms with Crippen molar-refractivity contribution in [2.45, 2.75) is 13.3 Å². The van der Waals surface area contributed by atoms with Crippen LogP contribution in [0.5, 0.6) is 0 Å². The number of amides is 1. The molecular weight excluding hydrogens is 188 g/mol. The maximum atomic E-state index is 11.0. The summed E-state index contributed by atoms with van der Waals surface area (Å²) in [7, 11) is 0. The minimum absolute atomic E-state index is 0.121. The number of nitrogens with two attached hydrogens (primary N) is 1. The number of hydrogen-bond acceptors (Lipinski definition) is 1. The molecule has 1 atom stereocenters. The molecule has 0 aliphatic rings. The van der Waals surface area contributed by atoms with Gasteiger partial charge in [-0.2, -0.15) is 0 Å². The fourth-order valence-electron chi connectivity index (χ4n) is 1.73. The summed E-state index contributed by atoms with van der Waals surface area (Å²) in [6.07, 6.45) is 2.64. The van der Waals surface area contributed by atoms with Gasteiger partial charge in [-0.25, -0.2) is 0 Å². The Morgan fingerprint density at radius 3 is 2.93 bits per heavy atom. The molecule has 0 fully saturated rings. The molecule has 0 aliphatic carbocycles. The van der Waals surface area contributed by atoms with Gasteiger partial charge in [0.1, 0.15) is 0 Å². The Balaban J connectivity index is 2.32. The van der Waals surface area contributed by atoms with Gasteiger partial charge >= 0.3 is 0 Å². The Bertz CT molecular complexity index is 487. The quantitative estimate of drug-likeness (QED) is 0.783. The van der Waals surface area contributed by atoms with Gasteiger partial charge < -0.3 is 10.7 Å². The number of H-pyrrole nitrogens is 1. The number of aromatic nitrogens is 1. The highest BCUT2D eigenvalue weighted by atomic mass is 16.1. The van der Waals surface area contributed by atoms with Gasteiger partial charge in [0.15, 0.2) is 0 Å². The average Bonchev–Trinajstić information content (AvgIpc) is 2.62. The molecule has 0 spiro atoms. The summed E-state index contributed by atoms with van der Waals surface area (Å²) in [6.45, 7) is 1.85. The molecule has 3 N–H and O–H groups in total. The van der Waals surface area contributed by atoms with Crippen molar-refractivity contribution in [3.8, 4) is 0 Å². The highest BCUT2D eigenvalue weighted by molar-refractivity contribution is 5.84. The molecular formula is C12H14N2O. The number of rotatable bonds is 3. The van der Waals surface area contributed by atoms with Crippen LogP contribution in [0, 0.1) is 5.92 Å². The van der Waals surface area contributed by atoms with E-state index in [9.17, 15) is 4.79 Å². The zero-order valence-corrected chi connectivity index (χ0v) is 8.66. The van der Waals surface area contributed by atoms with E-state index in [1.165, 1.54) is 5.39 Å². The molecule has 1 heterocycles. The maximum absolute atomic E-state index is 11.0. The van der Waals surface area contributed by atoms with Crippen molar-refractivity contribution in [3.05, 3.63) is 36.0 Å². The summed E-state index contributed by atoms with van der Waals surface area (Å²) in [5.41, 5.74) is 7.50. The number of benzene rings is 1. The molecule has 1 aromatic heterocycles. The Hall–Kier alpha value is -1.77. The monoisotopic (exact) mass is 202 g/mol. The second kappa shape index (κ2) is 3.77. The molecule has 3 nitrogen and oxygen atoms in total. The number of hydrogen-bond donors (Lipinski definition) is 2. The first-order chi connectivity index (χ1) is 7.18. The Morgan fingerprint density at radius 2 is 2.20 bits per heavy atom. The highest BCUT2D eigenvalue weighted by Gasteiger charge is 2.12. The van der Waals surface area contributed by atoms with Crippen molar-refractivity contribution in [2.75, 3.05) is 0 Å². The van der Waals surface area contributed by atoms with E-state index in [0.717, 1.165) is 11.1 Å². The van der Waals surface area contributed by atoms with E-state index in [0.29, 0.717) is 6.42 Å². The van der Waals surface area contributed by atoms with Crippen LogP contribution in [-0.2, 0) is 11.2 Å². The lowest BCUT2D eigenvalue weighted by atomic mass is 10.0. The summed E-state index contributed by atoms with van der Waals surface area (Å²) in [6, 6.07) is 8.05. The van der Waals surface area contributed by atoms with Gasteiger partial charge in [-0.3, -0.25) is 4.79 Å². The fraction of sp³-hybridized carbons (Fsp3) is 0.250. The van der Waals surface area contributed by atoms with Crippen LogP contribution in [0.4, 0.5) is 0 Å². The van der Waals surface area contributed by atoms with Gasteiger partial charge in [0.05, 0.1) is 0 Å². The van der Waals surface area contributed by atoms with Crippen LogP contribution in [0.1, 0.15) is 12.5 Å². The zero-order chi connectivity index (χ0) is 10.8. The molecule has 78 valence electrons. The van der Waals surface area contributed by atoms with E-state index in [1.807, 2.05) is 31.3 Å². The van der Waals surface area contributed by atoms with Gasteiger partial charge in [-0.05, 0) is 18.1 Å². The Labute approximate surface area is 88.3 Å². The molecule has 1 amide bonds. The molecule has 2 rings (SSSR count). The molecule has 0 unspecified atom stereocenters. The predicted octanol–water partition coefficient (Wildman–Crippen LogP) is 1.83. The van der Waals surface area contributed by atoms with E-state index in [2.05, 4.69) is 11.1 Å². The molecule has 0 bridgehead atoms. The van der Waals surface area contributed by atoms with Gasteiger partial charge in [0, 0.05) is 23.0 Å². The van der Waals surface area contributed by atoms with Crippen LogP contribution in [-0.4, -0.2) is 10.9 Å². The van der Waals surface area contributed by atoms with Crippen LogP contribution in [0.3, 0.4) is 0 Å². The number of fused-ring (bicyclic) bond motifs is 1. The molecule has 0 saturated heterocycles. The van der Waals surface area contributed by atoms with Crippen LogP contribution in [0.2, 0.25) is 0 Å². The molecule has 1 aromatic carbocycles. The fourth-order valence-corrected chi connectivity index (χ4v) is 1.73. The van der Waals surface area contributed by atoms with Crippen LogP contribution < -0.4 is 5.73 Å². The van der Waals surface area contributed by atoms with E-state index in [4.69, 9.17) is 5.73 Å². The summed E-state index contributed by atoms with van der Waals surface area (Å²) >= 11 is 0. The van der Waals surface area contributed by atoms with Crippen LogP contribution in [0.25, 0.3) is 10.9 Å². The first kappa shape index (κ1) is 9.77. The first-order valence-electron chi connectivity index (χ1n) is 5.03. The van der Waals surface area contributed by atoms with Gasteiger partial charge in [0.2, 0.25) is 5.91 Å². The van der Waals surface area contributed by atoms with Gasteiger partial charge in [0.25, 0.3) is 0 Å². The third kappa shape index (κ3) is 1.86. The smallest absolute Gasteiger partial charge is 0.220 e. The van der Waals surface area contributed by atoms with Crippen molar-refractivity contribution < 1.29 is 4.79 Å².